The maximum Gasteiger partial charge on any atom is 0.409 e. The molecule has 152 valence electrons. The van der Waals surface area contributed by atoms with Crippen molar-refractivity contribution in [3.63, 3.8) is 0 Å². The minimum atomic E-state index is -0.308. The zero-order chi connectivity index (χ0) is 20.1. The predicted molar refractivity (Wildman–Crippen MR) is 106 cm³/mol. The van der Waals surface area contributed by atoms with Gasteiger partial charge < -0.3 is 19.4 Å². The standard InChI is InChI=1S/C21H29N3O4/c1-16(2)15-28-21(27)23-10-5-9-22(12-13-23)20(26)17-6-3-7-18(14-17)24-11-4-8-19(24)25/h3,6-7,14,16H,4-5,8-13,15H2,1-2H3. The second-order valence-corrected chi connectivity index (χ2v) is 7.80. The molecule has 0 bridgehead atoms. The fraction of sp³-hybridized carbons (Fsp3) is 0.571. The zero-order valence-electron chi connectivity index (χ0n) is 16.7. The monoisotopic (exact) mass is 387 g/mol. The fourth-order valence-corrected chi connectivity index (χ4v) is 3.54. The van der Waals surface area contributed by atoms with E-state index < -0.39 is 0 Å². The molecule has 0 spiro atoms. The van der Waals surface area contributed by atoms with E-state index in [9.17, 15) is 14.4 Å². The largest absolute Gasteiger partial charge is 0.449 e. The van der Waals surface area contributed by atoms with Crippen molar-refractivity contribution in [1.29, 1.82) is 0 Å². The number of hydrogen-bond donors (Lipinski definition) is 0. The molecule has 2 saturated heterocycles. The lowest BCUT2D eigenvalue weighted by Gasteiger charge is -2.23. The lowest BCUT2D eigenvalue weighted by Crippen LogP contribution is -2.38. The highest BCUT2D eigenvalue weighted by molar-refractivity contribution is 5.99. The molecule has 0 saturated carbocycles. The molecule has 2 fully saturated rings. The van der Waals surface area contributed by atoms with Crippen LogP contribution in [0, 0.1) is 5.92 Å². The molecular formula is C21H29N3O4. The quantitative estimate of drug-likeness (QED) is 0.797. The maximum absolute atomic E-state index is 13.0. The van der Waals surface area contributed by atoms with E-state index in [2.05, 4.69) is 0 Å². The Morgan fingerprint density at radius 1 is 1.04 bits per heavy atom. The normalized spacial score (nSPS) is 17.8. The molecule has 2 aliphatic heterocycles. The lowest BCUT2D eigenvalue weighted by atomic mass is 10.1. The van der Waals surface area contributed by atoms with Crippen molar-refractivity contribution in [2.75, 3.05) is 44.2 Å². The van der Waals surface area contributed by atoms with Gasteiger partial charge in [0.05, 0.1) is 6.61 Å². The van der Waals surface area contributed by atoms with Crippen LogP contribution in [0.25, 0.3) is 0 Å². The summed E-state index contributed by atoms with van der Waals surface area (Å²) >= 11 is 0. The van der Waals surface area contributed by atoms with Gasteiger partial charge in [-0.3, -0.25) is 9.59 Å². The second-order valence-electron chi connectivity index (χ2n) is 7.80. The number of benzene rings is 1. The topological polar surface area (TPSA) is 70.2 Å². The summed E-state index contributed by atoms with van der Waals surface area (Å²) in [5, 5.41) is 0. The van der Waals surface area contributed by atoms with Gasteiger partial charge >= 0.3 is 6.09 Å². The third-order valence-corrected chi connectivity index (χ3v) is 5.06. The Morgan fingerprint density at radius 3 is 2.50 bits per heavy atom. The molecule has 0 aromatic heterocycles. The highest BCUT2D eigenvalue weighted by Crippen LogP contribution is 2.23. The van der Waals surface area contributed by atoms with Crippen LogP contribution in [0.5, 0.6) is 0 Å². The van der Waals surface area contributed by atoms with Crippen molar-refractivity contribution in [2.45, 2.75) is 33.1 Å². The Labute approximate surface area is 166 Å². The first-order valence-corrected chi connectivity index (χ1v) is 10.1. The van der Waals surface area contributed by atoms with Crippen molar-refractivity contribution in [3.05, 3.63) is 29.8 Å². The van der Waals surface area contributed by atoms with Gasteiger partial charge in [-0.2, -0.15) is 0 Å². The summed E-state index contributed by atoms with van der Waals surface area (Å²) in [5.74, 6) is 0.338. The number of anilines is 1. The average Bonchev–Trinajstić information content (AvgIpc) is 2.97. The van der Waals surface area contributed by atoms with Crippen LogP contribution < -0.4 is 4.90 Å². The van der Waals surface area contributed by atoms with Crippen molar-refractivity contribution >= 4 is 23.6 Å². The van der Waals surface area contributed by atoms with E-state index in [0.29, 0.717) is 63.7 Å². The van der Waals surface area contributed by atoms with Gasteiger partial charge in [0, 0.05) is 50.4 Å². The highest BCUT2D eigenvalue weighted by Gasteiger charge is 2.25. The van der Waals surface area contributed by atoms with Gasteiger partial charge in [-0.1, -0.05) is 19.9 Å². The Hall–Kier alpha value is -2.57. The smallest absolute Gasteiger partial charge is 0.409 e. The van der Waals surface area contributed by atoms with Crippen molar-refractivity contribution in [2.24, 2.45) is 5.92 Å². The number of rotatable bonds is 4. The molecular weight excluding hydrogens is 358 g/mol. The highest BCUT2D eigenvalue weighted by atomic mass is 16.6. The first-order chi connectivity index (χ1) is 13.5. The van der Waals surface area contributed by atoms with Gasteiger partial charge in [0.25, 0.3) is 5.91 Å². The SMILES string of the molecule is CC(C)COC(=O)N1CCCN(C(=O)c2cccc(N3CCCC3=O)c2)CC1. The molecule has 0 aliphatic carbocycles. The minimum absolute atomic E-state index is 0.0640. The van der Waals surface area contributed by atoms with E-state index in [1.165, 1.54) is 0 Å². The molecule has 7 nitrogen and oxygen atoms in total. The molecule has 1 aromatic rings. The van der Waals surface area contributed by atoms with Crippen LogP contribution in [0.2, 0.25) is 0 Å². The molecule has 3 amide bonds. The van der Waals surface area contributed by atoms with Gasteiger partial charge in [-0.05, 0) is 37.0 Å². The number of amides is 3. The van der Waals surface area contributed by atoms with Gasteiger partial charge in [0.1, 0.15) is 0 Å². The Balaban J connectivity index is 1.62. The summed E-state index contributed by atoms with van der Waals surface area (Å²) in [6.45, 7) is 7.23. The molecule has 0 N–H and O–H groups in total. The number of hydrogen-bond acceptors (Lipinski definition) is 4. The van der Waals surface area contributed by atoms with Crippen LogP contribution in [0.15, 0.2) is 24.3 Å². The van der Waals surface area contributed by atoms with Crippen molar-refractivity contribution in [3.8, 4) is 0 Å². The maximum atomic E-state index is 13.0. The number of carbonyl (C=O) groups excluding carboxylic acids is 3. The van der Waals surface area contributed by atoms with Crippen LogP contribution in [0.3, 0.4) is 0 Å². The van der Waals surface area contributed by atoms with E-state index in [-0.39, 0.29) is 17.9 Å². The number of nitrogens with zero attached hydrogens (tertiary/aromatic N) is 3. The van der Waals surface area contributed by atoms with Gasteiger partial charge in [-0.15, -0.1) is 0 Å². The third kappa shape index (κ3) is 4.82. The average molecular weight is 387 g/mol. The molecule has 0 unspecified atom stereocenters. The number of ether oxygens (including phenoxy) is 1. The fourth-order valence-electron chi connectivity index (χ4n) is 3.54. The van der Waals surface area contributed by atoms with Gasteiger partial charge in [0.2, 0.25) is 5.91 Å². The summed E-state index contributed by atoms with van der Waals surface area (Å²) in [4.78, 5) is 42.3. The van der Waals surface area contributed by atoms with Crippen molar-refractivity contribution < 1.29 is 19.1 Å². The molecule has 28 heavy (non-hydrogen) atoms. The Kier molecular flexibility index (Phi) is 6.54. The predicted octanol–water partition coefficient (Wildman–Crippen LogP) is 2.75. The Morgan fingerprint density at radius 2 is 1.79 bits per heavy atom. The van der Waals surface area contributed by atoms with Crippen LogP contribution >= 0.6 is 0 Å². The minimum Gasteiger partial charge on any atom is -0.449 e. The molecule has 1 aromatic carbocycles. The molecule has 2 aliphatic rings. The summed E-state index contributed by atoms with van der Waals surface area (Å²) in [6, 6.07) is 7.27. The molecule has 0 atom stereocenters. The van der Waals surface area contributed by atoms with E-state index in [0.717, 1.165) is 12.1 Å². The number of carbonyl (C=O) groups is 3. The first-order valence-electron chi connectivity index (χ1n) is 10.1. The molecule has 0 radical (unpaired) electrons. The van der Waals surface area contributed by atoms with Crippen LogP contribution in [0.1, 0.15) is 43.5 Å². The Bertz CT molecular complexity index is 734. The van der Waals surface area contributed by atoms with Gasteiger partial charge in [-0.25, -0.2) is 4.79 Å². The van der Waals surface area contributed by atoms with E-state index in [1.54, 1.807) is 26.8 Å². The third-order valence-electron chi connectivity index (χ3n) is 5.06. The second kappa shape index (κ2) is 9.08. The van der Waals surface area contributed by atoms with E-state index in [1.807, 2.05) is 26.0 Å². The summed E-state index contributed by atoms with van der Waals surface area (Å²) in [7, 11) is 0. The van der Waals surface area contributed by atoms with Crippen LogP contribution in [-0.2, 0) is 9.53 Å². The summed E-state index contributed by atoms with van der Waals surface area (Å²) in [6.07, 6.45) is 1.82. The van der Waals surface area contributed by atoms with Crippen LogP contribution in [-0.4, -0.2) is 67.0 Å². The molecule has 3 rings (SSSR count). The molecule has 7 heteroatoms. The van der Waals surface area contributed by atoms with Crippen molar-refractivity contribution in [1.82, 2.24) is 9.80 Å². The van der Waals surface area contributed by atoms with E-state index >= 15 is 0 Å². The van der Waals surface area contributed by atoms with Crippen LogP contribution in [0.4, 0.5) is 10.5 Å². The van der Waals surface area contributed by atoms with E-state index in [4.69, 9.17) is 4.74 Å². The zero-order valence-corrected chi connectivity index (χ0v) is 16.7. The first kappa shape index (κ1) is 20.2. The lowest BCUT2D eigenvalue weighted by molar-refractivity contribution is -0.117. The summed E-state index contributed by atoms with van der Waals surface area (Å²) < 4.78 is 5.31. The molecule has 2 heterocycles. The summed E-state index contributed by atoms with van der Waals surface area (Å²) in [5.41, 5.74) is 1.36. The van der Waals surface area contributed by atoms with Gasteiger partial charge in [0.15, 0.2) is 0 Å².